The molecule has 0 unspecified atom stereocenters. The second-order valence-electron chi connectivity index (χ2n) is 6.21. The molecule has 1 aliphatic rings. The monoisotopic (exact) mass is 350 g/mol. The molecule has 1 N–H and O–H groups in total. The average Bonchev–Trinajstić information content (AvgIpc) is 3.06. The van der Waals surface area contributed by atoms with E-state index in [9.17, 15) is 8.42 Å². The van der Waals surface area contributed by atoms with E-state index in [2.05, 4.69) is 20.1 Å². The molecule has 1 aromatic carbocycles. The average molecular weight is 350 g/mol. The molecular formula is C15H22N6O2S. The normalized spacial score (nSPS) is 22.0. The zero-order valence-corrected chi connectivity index (χ0v) is 14.6. The van der Waals surface area contributed by atoms with Crippen molar-refractivity contribution in [1.82, 2.24) is 29.2 Å². The summed E-state index contributed by atoms with van der Waals surface area (Å²) < 4.78 is 27.7. The van der Waals surface area contributed by atoms with Crippen molar-refractivity contribution in [3.05, 3.63) is 30.3 Å². The van der Waals surface area contributed by atoms with E-state index in [-0.39, 0.29) is 12.1 Å². The Labute approximate surface area is 142 Å². The summed E-state index contributed by atoms with van der Waals surface area (Å²) in [6.45, 7) is 0. The fourth-order valence-corrected chi connectivity index (χ4v) is 3.69. The lowest BCUT2D eigenvalue weighted by Gasteiger charge is -2.28. The van der Waals surface area contributed by atoms with Gasteiger partial charge >= 0.3 is 0 Å². The first-order valence-electron chi connectivity index (χ1n) is 8.00. The van der Waals surface area contributed by atoms with E-state index < -0.39 is 10.2 Å². The topological polar surface area (TPSA) is 93.0 Å². The standard InChI is InChI=1S/C15H22N6O2S/c1-20(2)24(22,23)18-13-8-10-14(11-9-13)21-17-15(16-19-21)12-6-4-3-5-7-12/h3-7,13-14,18H,8-11H2,1-2H3. The molecule has 8 nitrogen and oxygen atoms in total. The highest BCUT2D eigenvalue weighted by molar-refractivity contribution is 7.87. The smallest absolute Gasteiger partial charge is 0.199 e. The molecule has 130 valence electrons. The van der Waals surface area contributed by atoms with Gasteiger partial charge in [0, 0.05) is 25.7 Å². The summed E-state index contributed by atoms with van der Waals surface area (Å²) in [7, 11) is -0.327. The van der Waals surface area contributed by atoms with Gasteiger partial charge in [0.1, 0.15) is 0 Å². The molecule has 0 spiro atoms. The minimum Gasteiger partial charge on any atom is -0.199 e. The van der Waals surface area contributed by atoms with Gasteiger partial charge in [-0.15, -0.1) is 10.2 Å². The van der Waals surface area contributed by atoms with Crippen LogP contribution in [-0.4, -0.2) is 53.1 Å². The Bertz CT molecular complexity index is 766. The fourth-order valence-electron chi connectivity index (χ4n) is 2.82. The fraction of sp³-hybridized carbons (Fsp3) is 0.533. The molecule has 0 atom stereocenters. The number of tetrazole rings is 1. The molecule has 1 aliphatic carbocycles. The third-order valence-electron chi connectivity index (χ3n) is 4.28. The second kappa shape index (κ2) is 6.96. The summed E-state index contributed by atoms with van der Waals surface area (Å²) in [6, 6.07) is 9.86. The van der Waals surface area contributed by atoms with Gasteiger partial charge in [0.2, 0.25) is 5.82 Å². The highest BCUT2D eigenvalue weighted by atomic mass is 32.2. The number of hydrogen-bond donors (Lipinski definition) is 1. The molecule has 9 heteroatoms. The van der Waals surface area contributed by atoms with Crippen molar-refractivity contribution in [3.8, 4) is 11.4 Å². The van der Waals surface area contributed by atoms with Crippen LogP contribution in [0.25, 0.3) is 11.4 Å². The Morgan fingerprint density at radius 2 is 1.79 bits per heavy atom. The zero-order chi connectivity index (χ0) is 17.2. The van der Waals surface area contributed by atoms with Crippen LogP contribution in [0.15, 0.2) is 30.3 Å². The lowest BCUT2D eigenvalue weighted by molar-refractivity contribution is 0.268. The molecule has 2 aromatic rings. The Morgan fingerprint density at radius 1 is 1.12 bits per heavy atom. The number of rotatable bonds is 5. The number of benzene rings is 1. The largest absolute Gasteiger partial charge is 0.279 e. The quantitative estimate of drug-likeness (QED) is 0.875. The van der Waals surface area contributed by atoms with Gasteiger partial charge in [-0.1, -0.05) is 30.3 Å². The predicted molar refractivity (Wildman–Crippen MR) is 90.3 cm³/mol. The van der Waals surface area contributed by atoms with Crippen molar-refractivity contribution in [3.63, 3.8) is 0 Å². The van der Waals surface area contributed by atoms with Crippen LogP contribution in [0, 0.1) is 0 Å². The van der Waals surface area contributed by atoms with Crippen molar-refractivity contribution >= 4 is 10.2 Å². The van der Waals surface area contributed by atoms with Gasteiger partial charge in [0.05, 0.1) is 6.04 Å². The van der Waals surface area contributed by atoms with E-state index in [0.29, 0.717) is 5.82 Å². The number of nitrogens with one attached hydrogen (secondary N) is 1. The summed E-state index contributed by atoms with van der Waals surface area (Å²) in [5, 5.41) is 12.8. The first-order valence-corrected chi connectivity index (χ1v) is 9.44. The molecule has 3 rings (SSSR count). The van der Waals surface area contributed by atoms with Gasteiger partial charge in [-0.3, -0.25) is 0 Å². The van der Waals surface area contributed by atoms with Crippen LogP contribution in [0.4, 0.5) is 0 Å². The maximum atomic E-state index is 11.9. The highest BCUT2D eigenvalue weighted by Crippen LogP contribution is 2.28. The van der Waals surface area contributed by atoms with E-state index in [1.165, 1.54) is 18.4 Å². The Kier molecular flexibility index (Phi) is 4.93. The summed E-state index contributed by atoms with van der Waals surface area (Å²) in [6.07, 6.45) is 3.18. The first-order chi connectivity index (χ1) is 11.5. The lowest BCUT2D eigenvalue weighted by atomic mass is 9.92. The molecule has 0 radical (unpaired) electrons. The molecule has 0 saturated heterocycles. The van der Waals surface area contributed by atoms with Crippen LogP contribution in [0.5, 0.6) is 0 Å². The maximum absolute atomic E-state index is 11.9. The zero-order valence-electron chi connectivity index (χ0n) is 13.8. The molecule has 0 amide bonds. The van der Waals surface area contributed by atoms with E-state index in [4.69, 9.17) is 0 Å². The van der Waals surface area contributed by atoms with Crippen LogP contribution < -0.4 is 4.72 Å². The van der Waals surface area contributed by atoms with Gasteiger partial charge in [-0.2, -0.15) is 22.2 Å². The van der Waals surface area contributed by atoms with Gasteiger partial charge in [0.25, 0.3) is 10.2 Å². The van der Waals surface area contributed by atoms with Crippen molar-refractivity contribution in [2.24, 2.45) is 0 Å². The highest BCUT2D eigenvalue weighted by Gasteiger charge is 2.27. The number of nitrogens with zero attached hydrogens (tertiary/aromatic N) is 5. The van der Waals surface area contributed by atoms with Crippen LogP contribution >= 0.6 is 0 Å². The van der Waals surface area contributed by atoms with Gasteiger partial charge in [-0.25, -0.2) is 0 Å². The summed E-state index contributed by atoms with van der Waals surface area (Å²) in [4.78, 5) is 1.67. The van der Waals surface area contributed by atoms with E-state index in [0.717, 1.165) is 31.2 Å². The second-order valence-corrected chi connectivity index (χ2v) is 8.13. The Hall–Kier alpha value is -1.84. The Balaban J connectivity index is 1.61. The van der Waals surface area contributed by atoms with Crippen molar-refractivity contribution < 1.29 is 8.42 Å². The molecule has 1 saturated carbocycles. The minimum absolute atomic E-state index is 0.0363. The summed E-state index contributed by atoms with van der Waals surface area (Å²) >= 11 is 0. The predicted octanol–water partition coefficient (Wildman–Crippen LogP) is 1.22. The number of aromatic nitrogens is 4. The van der Waals surface area contributed by atoms with Crippen molar-refractivity contribution in [1.29, 1.82) is 0 Å². The molecule has 1 fully saturated rings. The van der Waals surface area contributed by atoms with Gasteiger partial charge in [0.15, 0.2) is 0 Å². The van der Waals surface area contributed by atoms with E-state index in [1.807, 2.05) is 30.3 Å². The number of hydrogen-bond acceptors (Lipinski definition) is 5. The summed E-state index contributed by atoms with van der Waals surface area (Å²) in [5.41, 5.74) is 0.941. The third kappa shape index (κ3) is 3.80. The van der Waals surface area contributed by atoms with Crippen LogP contribution in [-0.2, 0) is 10.2 Å². The van der Waals surface area contributed by atoms with Crippen LogP contribution in [0.1, 0.15) is 31.7 Å². The van der Waals surface area contributed by atoms with Crippen LogP contribution in [0.3, 0.4) is 0 Å². The molecule has 24 heavy (non-hydrogen) atoms. The van der Waals surface area contributed by atoms with Crippen molar-refractivity contribution in [2.45, 2.75) is 37.8 Å². The van der Waals surface area contributed by atoms with E-state index in [1.54, 1.807) is 4.80 Å². The van der Waals surface area contributed by atoms with Crippen LogP contribution in [0.2, 0.25) is 0 Å². The van der Waals surface area contributed by atoms with Gasteiger partial charge < -0.3 is 0 Å². The first kappa shape index (κ1) is 17.0. The van der Waals surface area contributed by atoms with Crippen molar-refractivity contribution in [2.75, 3.05) is 14.1 Å². The van der Waals surface area contributed by atoms with E-state index >= 15 is 0 Å². The minimum atomic E-state index is -3.38. The third-order valence-corrected chi connectivity index (χ3v) is 5.87. The lowest BCUT2D eigenvalue weighted by Crippen LogP contribution is -2.43. The SMILES string of the molecule is CN(C)S(=O)(=O)NC1CCC(n2nnc(-c3ccccc3)n2)CC1. The molecule has 0 bridgehead atoms. The molecule has 1 heterocycles. The molecular weight excluding hydrogens is 328 g/mol. The molecule has 0 aliphatic heterocycles. The van der Waals surface area contributed by atoms with Gasteiger partial charge in [-0.05, 0) is 30.9 Å². The molecule has 1 aromatic heterocycles. The summed E-state index contributed by atoms with van der Waals surface area (Å²) in [5.74, 6) is 0.617. The maximum Gasteiger partial charge on any atom is 0.279 e. The Morgan fingerprint density at radius 3 is 2.42 bits per heavy atom.